The molecule has 1 N–H and O–H groups in total. The van der Waals surface area contributed by atoms with E-state index in [4.69, 9.17) is 9.47 Å². The van der Waals surface area contributed by atoms with Crippen molar-refractivity contribution in [3.63, 3.8) is 0 Å². The zero-order chi connectivity index (χ0) is 23.7. The van der Waals surface area contributed by atoms with Crippen molar-refractivity contribution in [3.05, 3.63) is 12.2 Å². The monoisotopic (exact) mass is 438 g/mol. The maximum absolute atomic E-state index is 12.0. The molecule has 1 aliphatic rings. The highest BCUT2D eigenvalue weighted by molar-refractivity contribution is 6.13. The Kier molecular flexibility index (Phi) is 10.5. The first-order valence-electron chi connectivity index (χ1n) is 10.9. The van der Waals surface area contributed by atoms with Crippen LogP contribution in [0, 0.1) is 5.92 Å². The number of ketones is 1. The molecular formula is C23H38N2O6. The largest absolute Gasteiger partial charge is 0.375 e. The molecule has 0 aromatic heterocycles. The highest BCUT2D eigenvalue weighted by atomic mass is 16.5. The molecule has 0 fully saturated rings. The first kappa shape index (κ1) is 27.0. The van der Waals surface area contributed by atoms with E-state index >= 15 is 0 Å². The van der Waals surface area contributed by atoms with Gasteiger partial charge in [0.05, 0.1) is 24.4 Å². The SMILES string of the molecule is CC(C)C(=O)CCOC(C)(C)CCOC(C)(C)CCNC(=O)CCN1C(=O)C=CC1=O. The molecule has 0 aromatic carbocycles. The fourth-order valence-corrected chi connectivity index (χ4v) is 2.89. The van der Waals surface area contributed by atoms with Gasteiger partial charge in [0.1, 0.15) is 5.78 Å². The smallest absolute Gasteiger partial charge is 0.253 e. The molecule has 31 heavy (non-hydrogen) atoms. The summed E-state index contributed by atoms with van der Waals surface area (Å²) in [5.74, 6) is -0.755. The Morgan fingerprint density at radius 1 is 0.935 bits per heavy atom. The van der Waals surface area contributed by atoms with Crippen LogP contribution in [-0.4, -0.2) is 65.9 Å². The van der Waals surface area contributed by atoms with Crippen molar-refractivity contribution in [2.24, 2.45) is 5.92 Å². The molecule has 8 nitrogen and oxygen atoms in total. The van der Waals surface area contributed by atoms with Crippen LogP contribution in [0.3, 0.4) is 0 Å². The molecule has 0 spiro atoms. The summed E-state index contributed by atoms with van der Waals surface area (Å²) in [5.41, 5.74) is -0.817. The van der Waals surface area contributed by atoms with Crippen molar-refractivity contribution >= 4 is 23.5 Å². The predicted molar refractivity (Wildman–Crippen MR) is 117 cm³/mol. The molecule has 0 bridgehead atoms. The molecule has 0 aliphatic carbocycles. The number of hydrogen-bond acceptors (Lipinski definition) is 6. The van der Waals surface area contributed by atoms with Crippen LogP contribution in [0.5, 0.6) is 0 Å². The van der Waals surface area contributed by atoms with Gasteiger partial charge in [-0.15, -0.1) is 0 Å². The Morgan fingerprint density at radius 3 is 2.06 bits per heavy atom. The summed E-state index contributed by atoms with van der Waals surface area (Å²) in [6, 6.07) is 0. The molecule has 0 saturated carbocycles. The molecule has 0 radical (unpaired) electrons. The summed E-state index contributed by atoms with van der Waals surface area (Å²) >= 11 is 0. The van der Waals surface area contributed by atoms with Gasteiger partial charge in [0.15, 0.2) is 0 Å². The van der Waals surface area contributed by atoms with Crippen LogP contribution in [-0.2, 0) is 28.7 Å². The van der Waals surface area contributed by atoms with Crippen molar-refractivity contribution in [1.29, 1.82) is 0 Å². The van der Waals surface area contributed by atoms with Gasteiger partial charge in [-0.05, 0) is 40.5 Å². The van der Waals surface area contributed by atoms with Crippen LogP contribution in [0.2, 0.25) is 0 Å². The van der Waals surface area contributed by atoms with Crippen LogP contribution in [0.4, 0.5) is 0 Å². The first-order valence-corrected chi connectivity index (χ1v) is 10.9. The lowest BCUT2D eigenvalue weighted by molar-refractivity contribution is -0.137. The number of ether oxygens (including phenoxy) is 2. The van der Waals surface area contributed by atoms with Gasteiger partial charge in [0, 0.05) is 44.0 Å². The van der Waals surface area contributed by atoms with Gasteiger partial charge in [-0.1, -0.05) is 13.8 Å². The summed E-state index contributed by atoms with van der Waals surface area (Å²) in [6.07, 6.45) is 4.21. The van der Waals surface area contributed by atoms with Crippen molar-refractivity contribution in [1.82, 2.24) is 10.2 Å². The number of rotatable bonds is 15. The Balaban J connectivity index is 2.21. The van der Waals surface area contributed by atoms with Crippen LogP contribution in [0.15, 0.2) is 12.2 Å². The second-order valence-corrected chi connectivity index (χ2v) is 9.35. The van der Waals surface area contributed by atoms with E-state index in [1.54, 1.807) is 0 Å². The standard InChI is InChI=1S/C23H38N2O6/c1-17(2)18(26)10-15-30-23(5,6)12-16-31-22(3,4)11-13-24-19(27)9-14-25-20(28)7-8-21(25)29/h7-8,17H,9-16H2,1-6H3,(H,24,27). The number of hydrogen-bond donors (Lipinski definition) is 1. The van der Waals surface area contributed by atoms with E-state index in [1.165, 1.54) is 12.2 Å². The average molecular weight is 439 g/mol. The Morgan fingerprint density at radius 2 is 1.48 bits per heavy atom. The maximum Gasteiger partial charge on any atom is 0.253 e. The summed E-state index contributed by atoms with van der Waals surface area (Å²) in [6.45, 7) is 13.1. The zero-order valence-corrected chi connectivity index (χ0v) is 19.8. The summed E-state index contributed by atoms with van der Waals surface area (Å²) in [7, 11) is 0. The van der Waals surface area contributed by atoms with Crippen LogP contribution in [0.1, 0.15) is 67.2 Å². The second kappa shape index (κ2) is 12.1. The molecule has 0 saturated heterocycles. The lowest BCUT2D eigenvalue weighted by Crippen LogP contribution is -2.37. The fraction of sp³-hybridized carbons (Fsp3) is 0.739. The van der Waals surface area contributed by atoms with E-state index in [0.29, 0.717) is 39.0 Å². The molecule has 3 amide bonds. The molecule has 1 aliphatic heterocycles. The number of nitrogens with zero attached hydrogens (tertiary/aromatic N) is 1. The van der Waals surface area contributed by atoms with E-state index in [0.717, 1.165) is 4.90 Å². The second-order valence-electron chi connectivity index (χ2n) is 9.35. The number of amides is 3. The van der Waals surface area contributed by atoms with Crippen molar-refractivity contribution in [2.45, 2.75) is 78.4 Å². The molecule has 0 atom stereocenters. The van der Waals surface area contributed by atoms with E-state index in [9.17, 15) is 19.2 Å². The third kappa shape index (κ3) is 10.7. The molecule has 176 valence electrons. The van der Waals surface area contributed by atoms with Gasteiger partial charge >= 0.3 is 0 Å². The van der Waals surface area contributed by atoms with Crippen LogP contribution in [0.25, 0.3) is 0 Å². The lowest BCUT2D eigenvalue weighted by atomic mass is 10.0. The molecule has 8 heteroatoms. The van der Waals surface area contributed by atoms with E-state index < -0.39 is 5.60 Å². The lowest BCUT2D eigenvalue weighted by Gasteiger charge is -2.30. The van der Waals surface area contributed by atoms with E-state index in [1.807, 2.05) is 41.5 Å². The fourth-order valence-electron chi connectivity index (χ4n) is 2.89. The van der Waals surface area contributed by atoms with E-state index in [-0.39, 0.29) is 48.0 Å². The number of carbonyl (C=O) groups excluding carboxylic acids is 4. The topological polar surface area (TPSA) is 102 Å². The number of imide groups is 1. The summed E-state index contributed by atoms with van der Waals surface area (Å²) in [5, 5.41) is 2.80. The van der Waals surface area contributed by atoms with Crippen LogP contribution < -0.4 is 5.32 Å². The van der Waals surface area contributed by atoms with E-state index in [2.05, 4.69) is 5.32 Å². The molecule has 1 rings (SSSR count). The third-order valence-corrected chi connectivity index (χ3v) is 5.19. The molecule has 0 aromatic rings. The summed E-state index contributed by atoms with van der Waals surface area (Å²) < 4.78 is 11.8. The van der Waals surface area contributed by atoms with Gasteiger partial charge in [-0.2, -0.15) is 0 Å². The molecule has 1 heterocycles. The quantitative estimate of drug-likeness (QED) is 0.394. The first-order chi connectivity index (χ1) is 14.3. The predicted octanol–water partition coefficient (Wildman–Crippen LogP) is 2.40. The Labute approximate surface area is 185 Å². The minimum atomic E-state index is -0.429. The third-order valence-electron chi connectivity index (χ3n) is 5.19. The minimum absolute atomic E-state index is 0.0264. The molecule has 0 unspecified atom stereocenters. The highest BCUT2D eigenvalue weighted by Crippen LogP contribution is 2.19. The van der Waals surface area contributed by atoms with Gasteiger partial charge in [-0.3, -0.25) is 24.1 Å². The van der Waals surface area contributed by atoms with Crippen LogP contribution >= 0.6 is 0 Å². The average Bonchev–Trinajstić information content (AvgIpc) is 2.97. The number of carbonyl (C=O) groups is 4. The normalized spacial score (nSPS) is 14.6. The van der Waals surface area contributed by atoms with Crippen molar-refractivity contribution < 1.29 is 28.7 Å². The van der Waals surface area contributed by atoms with Gasteiger partial charge in [0.25, 0.3) is 11.8 Å². The van der Waals surface area contributed by atoms with Gasteiger partial charge < -0.3 is 14.8 Å². The number of Topliss-reactive ketones (excluding diaryl/α,β-unsaturated/α-hetero) is 1. The summed E-state index contributed by atoms with van der Waals surface area (Å²) in [4.78, 5) is 47.7. The van der Waals surface area contributed by atoms with Crippen molar-refractivity contribution in [2.75, 3.05) is 26.3 Å². The van der Waals surface area contributed by atoms with Gasteiger partial charge in [0.2, 0.25) is 5.91 Å². The maximum atomic E-state index is 12.0. The molecular weight excluding hydrogens is 400 g/mol. The Hall–Kier alpha value is -2.06. The minimum Gasteiger partial charge on any atom is -0.375 e. The Bertz CT molecular complexity index is 664. The van der Waals surface area contributed by atoms with Gasteiger partial charge in [-0.25, -0.2) is 0 Å². The highest BCUT2D eigenvalue weighted by Gasteiger charge is 2.25. The number of nitrogens with one attached hydrogen (secondary N) is 1. The zero-order valence-electron chi connectivity index (χ0n) is 19.8. The van der Waals surface area contributed by atoms with Crippen molar-refractivity contribution in [3.8, 4) is 0 Å².